The Kier molecular flexibility index (Phi) is 4.93. The van der Waals surface area contributed by atoms with E-state index in [1.54, 1.807) is 0 Å². The second kappa shape index (κ2) is 6.25. The van der Waals surface area contributed by atoms with Gasteiger partial charge in [0.05, 0.1) is 0 Å². The predicted octanol–water partition coefficient (Wildman–Crippen LogP) is 3.04. The molecule has 4 heteroatoms. The molecule has 0 aliphatic rings. The molecule has 0 heterocycles. The largest absolute Gasteiger partial charge is 0.360 e. The van der Waals surface area contributed by atoms with Crippen LogP contribution in [0.4, 0.5) is 5.69 Å². The van der Waals surface area contributed by atoms with E-state index in [4.69, 9.17) is 5.26 Å². The molecular formula is C16H21N3O. The Balaban J connectivity index is 2.86. The Labute approximate surface area is 120 Å². The second-order valence-corrected chi connectivity index (χ2v) is 5.89. The number of nitriles is 1. The van der Waals surface area contributed by atoms with Gasteiger partial charge in [-0.2, -0.15) is 5.26 Å². The maximum absolute atomic E-state index is 11.9. The first-order valence-corrected chi connectivity index (χ1v) is 6.49. The van der Waals surface area contributed by atoms with Crippen LogP contribution in [-0.4, -0.2) is 11.4 Å². The van der Waals surface area contributed by atoms with Crippen LogP contribution in [0.2, 0.25) is 0 Å². The van der Waals surface area contributed by atoms with Crippen molar-refractivity contribution in [2.45, 2.75) is 40.2 Å². The van der Waals surface area contributed by atoms with Gasteiger partial charge < -0.3 is 10.6 Å². The molecule has 0 radical (unpaired) electrons. The molecular weight excluding hydrogens is 250 g/mol. The molecule has 0 bridgehead atoms. The van der Waals surface area contributed by atoms with E-state index in [1.165, 1.54) is 6.20 Å². The lowest BCUT2D eigenvalue weighted by Crippen LogP contribution is -2.41. The Morgan fingerprint density at radius 3 is 2.20 bits per heavy atom. The van der Waals surface area contributed by atoms with E-state index >= 15 is 0 Å². The standard InChI is InChI=1S/C16H21N3O/c1-11-6-12(2)8-14(7-11)18-10-13(9-17)15(20)19-16(3,4)5/h6-8,10,18H,1-5H3,(H,19,20)/b13-10-. The zero-order valence-corrected chi connectivity index (χ0v) is 12.7. The molecule has 4 nitrogen and oxygen atoms in total. The Morgan fingerprint density at radius 1 is 1.20 bits per heavy atom. The van der Waals surface area contributed by atoms with Gasteiger partial charge in [0.1, 0.15) is 11.6 Å². The minimum atomic E-state index is -0.378. The molecule has 0 unspecified atom stereocenters. The van der Waals surface area contributed by atoms with Crippen LogP contribution in [0.5, 0.6) is 0 Å². The number of carbonyl (C=O) groups is 1. The smallest absolute Gasteiger partial charge is 0.263 e. The molecule has 106 valence electrons. The average Bonchev–Trinajstić information content (AvgIpc) is 2.25. The van der Waals surface area contributed by atoms with Crippen LogP contribution in [0.1, 0.15) is 31.9 Å². The van der Waals surface area contributed by atoms with Crippen molar-refractivity contribution in [3.63, 3.8) is 0 Å². The second-order valence-electron chi connectivity index (χ2n) is 5.89. The third kappa shape index (κ3) is 5.15. The van der Waals surface area contributed by atoms with E-state index in [-0.39, 0.29) is 17.0 Å². The highest BCUT2D eigenvalue weighted by Gasteiger charge is 2.17. The first-order chi connectivity index (χ1) is 9.21. The summed E-state index contributed by atoms with van der Waals surface area (Å²) in [5.74, 6) is -0.378. The fourth-order valence-corrected chi connectivity index (χ4v) is 1.77. The number of amides is 1. The van der Waals surface area contributed by atoms with Gasteiger partial charge in [0, 0.05) is 17.4 Å². The highest BCUT2D eigenvalue weighted by atomic mass is 16.1. The lowest BCUT2D eigenvalue weighted by atomic mass is 10.1. The topological polar surface area (TPSA) is 64.9 Å². The number of hydrogen-bond acceptors (Lipinski definition) is 3. The van der Waals surface area contributed by atoms with E-state index in [0.29, 0.717) is 0 Å². The number of carbonyl (C=O) groups excluding carboxylic acids is 1. The summed E-state index contributed by atoms with van der Waals surface area (Å²) in [6.07, 6.45) is 1.44. The molecule has 0 spiro atoms. The summed E-state index contributed by atoms with van der Waals surface area (Å²) in [4.78, 5) is 11.9. The molecule has 1 amide bonds. The number of benzene rings is 1. The number of nitrogens with zero attached hydrogens (tertiary/aromatic N) is 1. The van der Waals surface area contributed by atoms with E-state index in [1.807, 2.05) is 52.8 Å². The van der Waals surface area contributed by atoms with Crippen LogP contribution >= 0.6 is 0 Å². The minimum Gasteiger partial charge on any atom is -0.360 e. The van der Waals surface area contributed by atoms with Gasteiger partial charge in [-0.25, -0.2) is 0 Å². The van der Waals surface area contributed by atoms with Crippen LogP contribution in [0.3, 0.4) is 0 Å². The summed E-state index contributed by atoms with van der Waals surface area (Å²) in [7, 11) is 0. The van der Waals surface area contributed by atoms with Crippen LogP contribution in [-0.2, 0) is 4.79 Å². The quantitative estimate of drug-likeness (QED) is 0.656. The van der Waals surface area contributed by atoms with Crippen molar-refractivity contribution in [1.29, 1.82) is 5.26 Å². The van der Waals surface area contributed by atoms with Crippen molar-refractivity contribution in [2.75, 3.05) is 5.32 Å². The molecule has 0 saturated heterocycles. The number of rotatable bonds is 3. The molecule has 1 aromatic carbocycles. The summed E-state index contributed by atoms with van der Waals surface area (Å²) >= 11 is 0. The third-order valence-corrected chi connectivity index (χ3v) is 2.46. The van der Waals surface area contributed by atoms with Crippen LogP contribution < -0.4 is 10.6 Å². The van der Waals surface area contributed by atoms with Gasteiger partial charge in [-0.1, -0.05) is 6.07 Å². The first-order valence-electron chi connectivity index (χ1n) is 6.49. The zero-order chi connectivity index (χ0) is 15.3. The lowest BCUT2D eigenvalue weighted by molar-refractivity contribution is -0.118. The van der Waals surface area contributed by atoms with Crippen LogP contribution in [0, 0.1) is 25.2 Å². The van der Waals surface area contributed by atoms with Crippen molar-refractivity contribution in [2.24, 2.45) is 0 Å². The SMILES string of the molecule is Cc1cc(C)cc(N/C=C(/C#N)C(=O)NC(C)(C)C)c1. The zero-order valence-electron chi connectivity index (χ0n) is 12.7. The molecule has 20 heavy (non-hydrogen) atoms. The van der Waals surface area contributed by atoms with E-state index in [2.05, 4.69) is 16.7 Å². The van der Waals surface area contributed by atoms with Gasteiger partial charge in [-0.3, -0.25) is 4.79 Å². The maximum Gasteiger partial charge on any atom is 0.263 e. The summed E-state index contributed by atoms with van der Waals surface area (Å²) < 4.78 is 0. The number of aryl methyl sites for hydroxylation is 2. The van der Waals surface area contributed by atoms with Crippen molar-refractivity contribution >= 4 is 11.6 Å². The molecule has 0 aromatic heterocycles. The fraction of sp³-hybridized carbons (Fsp3) is 0.375. The molecule has 0 aliphatic heterocycles. The Morgan fingerprint density at radius 2 is 1.75 bits per heavy atom. The summed E-state index contributed by atoms with van der Waals surface area (Å²) in [5, 5.41) is 14.8. The average molecular weight is 271 g/mol. The molecule has 1 rings (SSSR count). The number of nitrogens with one attached hydrogen (secondary N) is 2. The normalized spacial score (nSPS) is 11.7. The third-order valence-electron chi connectivity index (χ3n) is 2.46. The number of anilines is 1. The summed E-state index contributed by atoms with van der Waals surface area (Å²) in [5.41, 5.74) is 2.79. The van der Waals surface area contributed by atoms with Crippen molar-refractivity contribution in [3.05, 3.63) is 41.1 Å². The van der Waals surface area contributed by atoms with E-state index in [0.717, 1.165) is 16.8 Å². The summed E-state index contributed by atoms with van der Waals surface area (Å²) in [6.45, 7) is 9.62. The number of hydrogen-bond donors (Lipinski definition) is 2. The molecule has 0 atom stereocenters. The fourth-order valence-electron chi connectivity index (χ4n) is 1.77. The van der Waals surface area contributed by atoms with E-state index < -0.39 is 0 Å². The minimum absolute atomic E-state index is 0.0547. The monoisotopic (exact) mass is 271 g/mol. The molecule has 0 aliphatic carbocycles. The van der Waals surface area contributed by atoms with E-state index in [9.17, 15) is 4.79 Å². The van der Waals surface area contributed by atoms with Gasteiger partial charge >= 0.3 is 0 Å². The van der Waals surface area contributed by atoms with Gasteiger partial charge in [0.25, 0.3) is 5.91 Å². The van der Waals surface area contributed by atoms with Gasteiger partial charge in [0.2, 0.25) is 0 Å². The maximum atomic E-state index is 11.9. The van der Waals surface area contributed by atoms with Gasteiger partial charge in [-0.15, -0.1) is 0 Å². The van der Waals surface area contributed by atoms with Gasteiger partial charge in [-0.05, 0) is 57.9 Å². The van der Waals surface area contributed by atoms with Crippen molar-refractivity contribution < 1.29 is 4.79 Å². The highest BCUT2D eigenvalue weighted by Crippen LogP contribution is 2.14. The van der Waals surface area contributed by atoms with Crippen LogP contribution in [0.15, 0.2) is 30.0 Å². The lowest BCUT2D eigenvalue weighted by Gasteiger charge is -2.20. The predicted molar refractivity (Wildman–Crippen MR) is 81.1 cm³/mol. The first kappa shape index (κ1) is 15.8. The molecule has 0 fully saturated rings. The van der Waals surface area contributed by atoms with Crippen molar-refractivity contribution in [1.82, 2.24) is 5.32 Å². The van der Waals surface area contributed by atoms with Crippen LogP contribution in [0.25, 0.3) is 0 Å². The van der Waals surface area contributed by atoms with Gasteiger partial charge in [0.15, 0.2) is 0 Å². The highest BCUT2D eigenvalue weighted by molar-refractivity contribution is 5.97. The molecule has 0 saturated carbocycles. The molecule has 2 N–H and O–H groups in total. The Bertz CT molecular complexity index is 554. The summed E-state index contributed by atoms with van der Waals surface area (Å²) in [6, 6.07) is 7.89. The van der Waals surface area contributed by atoms with Crippen molar-refractivity contribution in [3.8, 4) is 6.07 Å². The Hall–Kier alpha value is -2.28. The molecule has 1 aromatic rings.